The predicted octanol–water partition coefficient (Wildman–Crippen LogP) is 3.65. The molecular weight excluding hydrogens is 241 g/mol. The van der Waals surface area contributed by atoms with Crippen LogP contribution in [-0.4, -0.2) is 11.5 Å². The normalized spacial score (nSPS) is 10.2. The summed E-state index contributed by atoms with van der Waals surface area (Å²) < 4.78 is 13.0. The molecule has 0 spiro atoms. The summed E-state index contributed by atoms with van der Waals surface area (Å²) in [5, 5.41) is 6.52. The van der Waals surface area contributed by atoms with Gasteiger partial charge in [-0.3, -0.25) is 4.98 Å². The maximum Gasteiger partial charge on any atom is 0.123 e. The van der Waals surface area contributed by atoms with Crippen LogP contribution in [0.2, 0.25) is 0 Å². The molecule has 1 heterocycles. The second-order valence-electron chi connectivity index (χ2n) is 4.37. The molecule has 2 rings (SSSR count). The van der Waals surface area contributed by atoms with E-state index in [2.05, 4.69) is 22.5 Å². The first-order valence-electron chi connectivity index (χ1n) is 6.45. The molecule has 0 saturated heterocycles. The van der Waals surface area contributed by atoms with Crippen molar-refractivity contribution >= 4 is 11.4 Å². The number of pyridine rings is 1. The van der Waals surface area contributed by atoms with E-state index in [0.29, 0.717) is 6.54 Å². The van der Waals surface area contributed by atoms with E-state index < -0.39 is 0 Å². The molecule has 3 nitrogen and oxygen atoms in total. The lowest BCUT2D eigenvalue weighted by Gasteiger charge is -2.09. The molecule has 2 aromatic rings. The first-order chi connectivity index (χ1) is 9.28. The van der Waals surface area contributed by atoms with E-state index >= 15 is 0 Å². The van der Waals surface area contributed by atoms with Crippen LogP contribution in [0.15, 0.2) is 42.7 Å². The van der Waals surface area contributed by atoms with Gasteiger partial charge in [-0.25, -0.2) is 4.39 Å². The van der Waals surface area contributed by atoms with E-state index in [-0.39, 0.29) is 5.82 Å². The van der Waals surface area contributed by atoms with E-state index in [9.17, 15) is 4.39 Å². The number of anilines is 2. The summed E-state index contributed by atoms with van der Waals surface area (Å²) in [6.07, 6.45) is 4.63. The Hall–Kier alpha value is -2.10. The van der Waals surface area contributed by atoms with Crippen LogP contribution in [0.4, 0.5) is 15.8 Å². The molecule has 4 heteroatoms. The highest BCUT2D eigenvalue weighted by Gasteiger charge is 1.98. The average Bonchev–Trinajstić information content (AvgIpc) is 2.43. The highest BCUT2D eigenvalue weighted by molar-refractivity contribution is 5.54. The molecule has 0 atom stereocenters. The van der Waals surface area contributed by atoms with E-state index in [1.807, 2.05) is 12.1 Å². The van der Waals surface area contributed by atoms with Crippen LogP contribution in [0.1, 0.15) is 18.9 Å². The summed E-state index contributed by atoms with van der Waals surface area (Å²) >= 11 is 0. The van der Waals surface area contributed by atoms with Gasteiger partial charge in [0.05, 0.1) is 23.8 Å². The van der Waals surface area contributed by atoms with Crippen LogP contribution in [0.25, 0.3) is 0 Å². The van der Waals surface area contributed by atoms with Gasteiger partial charge in [0, 0.05) is 13.1 Å². The van der Waals surface area contributed by atoms with Crippen LogP contribution >= 0.6 is 0 Å². The zero-order valence-electron chi connectivity index (χ0n) is 11.0. The third-order valence-corrected chi connectivity index (χ3v) is 2.70. The Morgan fingerprint density at radius 3 is 2.63 bits per heavy atom. The number of aromatic nitrogens is 1. The fourth-order valence-electron chi connectivity index (χ4n) is 1.75. The highest BCUT2D eigenvalue weighted by Crippen LogP contribution is 2.14. The van der Waals surface area contributed by atoms with Crippen LogP contribution in [0, 0.1) is 5.82 Å². The van der Waals surface area contributed by atoms with E-state index in [4.69, 9.17) is 0 Å². The molecule has 1 aromatic carbocycles. The number of halogens is 1. The summed E-state index contributed by atoms with van der Waals surface area (Å²) in [6.45, 7) is 3.62. The van der Waals surface area contributed by atoms with Crippen molar-refractivity contribution in [1.29, 1.82) is 0 Å². The zero-order chi connectivity index (χ0) is 13.5. The van der Waals surface area contributed by atoms with Gasteiger partial charge in [-0.05, 0) is 30.2 Å². The minimum absolute atomic E-state index is 0.212. The van der Waals surface area contributed by atoms with Gasteiger partial charge in [0.25, 0.3) is 0 Å². The Bertz CT molecular complexity index is 528. The van der Waals surface area contributed by atoms with Gasteiger partial charge in [-0.1, -0.05) is 19.1 Å². The van der Waals surface area contributed by atoms with E-state index in [1.54, 1.807) is 18.5 Å². The maximum absolute atomic E-state index is 13.0. The molecule has 100 valence electrons. The van der Waals surface area contributed by atoms with Gasteiger partial charge in [0.15, 0.2) is 0 Å². The smallest absolute Gasteiger partial charge is 0.123 e. The molecule has 0 bridgehead atoms. The van der Waals surface area contributed by atoms with Crippen LogP contribution in [0.3, 0.4) is 0 Å². The number of benzene rings is 1. The minimum Gasteiger partial charge on any atom is -0.384 e. The number of hydrogen-bond acceptors (Lipinski definition) is 3. The average molecular weight is 259 g/mol. The molecule has 0 aliphatic rings. The SMILES string of the molecule is CCCNc1cncc(NCc2cccc(F)c2)c1. The monoisotopic (exact) mass is 259 g/mol. The van der Waals surface area contributed by atoms with Crippen molar-refractivity contribution in [2.75, 3.05) is 17.2 Å². The zero-order valence-corrected chi connectivity index (χ0v) is 11.0. The van der Waals surface area contributed by atoms with Crippen molar-refractivity contribution in [2.24, 2.45) is 0 Å². The fourth-order valence-corrected chi connectivity index (χ4v) is 1.75. The Balaban J connectivity index is 1.95. The minimum atomic E-state index is -0.212. The number of rotatable bonds is 6. The molecule has 2 N–H and O–H groups in total. The first-order valence-corrected chi connectivity index (χ1v) is 6.45. The van der Waals surface area contributed by atoms with Gasteiger partial charge in [-0.2, -0.15) is 0 Å². The molecule has 0 aliphatic carbocycles. The molecule has 1 aromatic heterocycles. The Kier molecular flexibility index (Phi) is 4.72. The first kappa shape index (κ1) is 13.3. The molecule has 0 amide bonds. The van der Waals surface area contributed by atoms with Crippen molar-refractivity contribution in [1.82, 2.24) is 4.98 Å². The van der Waals surface area contributed by atoms with Crippen LogP contribution in [0.5, 0.6) is 0 Å². The molecule has 0 radical (unpaired) electrons. The van der Waals surface area contributed by atoms with Crippen molar-refractivity contribution in [3.8, 4) is 0 Å². The molecule has 0 aliphatic heterocycles. The van der Waals surface area contributed by atoms with Gasteiger partial charge in [0.1, 0.15) is 5.82 Å². The summed E-state index contributed by atoms with van der Waals surface area (Å²) in [6, 6.07) is 8.58. The Morgan fingerprint density at radius 2 is 1.89 bits per heavy atom. The highest BCUT2D eigenvalue weighted by atomic mass is 19.1. The third kappa shape index (κ3) is 4.25. The van der Waals surface area contributed by atoms with Crippen molar-refractivity contribution in [2.45, 2.75) is 19.9 Å². The van der Waals surface area contributed by atoms with Crippen molar-refractivity contribution in [3.05, 3.63) is 54.1 Å². The summed E-state index contributed by atoms with van der Waals surface area (Å²) in [5.41, 5.74) is 2.82. The maximum atomic E-state index is 13.0. The largest absolute Gasteiger partial charge is 0.384 e. The standard InChI is InChI=1S/C15H18FN3/c1-2-6-18-14-8-15(11-17-10-14)19-9-12-4-3-5-13(16)7-12/h3-5,7-8,10-11,18-19H,2,6,9H2,1H3. The Morgan fingerprint density at radius 1 is 1.11 bits per heavy atom. The molecule has 0 unspecified atom stereocenters. The molecule has 0 saturated carbocycles. The number of hydrogen-bond donors (Lipinski definition) is 2. The Labute approximate surface area is 112 Å². The molecular formula is C15H18FN3. The lowest BCUT2D eigenvalue weighted by Crippen LogP contribution is -2.03. The second-order valence-corrected chi connectivity index (χ2v) is 4.37. The van der Waals surface area contributed by atoms with Crippen LogP contribution < -0.4 is 10.6 Å². The molecule has 0 fully saturated rings. The van der Waals surface area contributed by atoms with Gasteiger partial charge >= 0.3 is 0 Å². The van der Waals surface area contributed by atoms with E-state index in [1.165, 1.54) is 12.1 Å². The third-order valence-electron chi connectivity index (χ3n) is 2.70. The quantitative estimate of drug-likeness (QED) is 0.831. The lowest BCUT2D eigenvalue weighted by molar-refractivity contribution is 0.626. The summed E-state index contributed by atoms with van der Waals surface area (Å²) in [7, 11) is 0. The van der Waals surface area contributed by atoms with Gasteiger partial charge < -0.3 is 10.6 Å². The van der Waals surface area contributed by atoms with Crippen molar-refractivity contribution < 1.29 is 4.39 Å². The van der Waals surface area contributed by atoms with E-state index in [0.717, 1.165) is 29.9 Å². The predicted molar refractivity (Wildman–Crippen MR) is 76.7 cm³/mol. The van der Waals surface area contributed by atoms with Gasteiger partial charge in [-0.15, -0.1) is 0 Å². The number of nitrogens with zero attached hydrogens (tertiary/aromatic N) is 1. The second kappa shape index (κ2) is 6.73. The topological polar surface area (TPSA) is 37.0 Å². The summed E-state index contributed by atoms with van der Waals surface area (Å²) in [4.78, 5) is 4.17. The lowest BCUT2D eigenvalue weighted by atomic mass is 10.2. The van der Waals surface area contributed by atoms with Gasteiger partial charge in [0.2, 0.25) is 0 Å². The number of nitrogens with one attached hydrogen (secondary N) is 2. The van der Waals surface area contributed by atoms with Crippen LogP contribution in [-0.2, 0) is 6.54 Å². The summed E-state index contributed by atoms with van der Waals surface area (Å²) in [5.74, 6) is -0.212. The fraction of sp³-hybridized carbons (Fsp3) is 0.267. The van der Waals surface area contributed by atoms with Crippen molar-refractivity contribution in [3.63, 3.8) is 0 Å². The molecule has 19 heavy (non-hydrogen) atoms.